The van der Waals surface area contributed by atoms with E-state index in [0.717, 1.165) is 43.5 Å². The molecule has 1 aliphatic heterocycles. The van der Waals surface area contributed by atoms with Gasteiger partial charge in [0.25, 0.3) is 10.0 Å². The fourth-order valence-electron chi connectivity index (χ4n) is 5.69. The second kappa shape index (κ2) is 12.2. The number of nitrogens with zero attached hydrogens (tertiary/aromatic N) is 6. The lowest BCUT2D eigenvalue weighted by atomic mass is 10.0. The molecule has 6 rings (SSSR count). The van der Waals surface area contributed by atoms with Gasteiger partial charge in [-0.25, -0.2) is 18.4 Å². The summed E-state index contributed by atoms with van der Waals surface area (Å²) in [6.45, 7) is 6.36. The maximum atomic E-state index is 14.1. The van der Waals surface area contributed by atoms with Gasteiger partial charge < -0.3 is 4.57 Å². The first-order chi connectivity index (χ1) is 20.0. The minimum atomic E-state index is -3.96. The molecule has 1 fully saturated rings. The van der Waals surface area contributed by atoms with Crippen molar-refractivity contribution in [2.45, 2.75) is 63.7 Å². The van der Waals surface area contributed by atoms with Crippen LogP contribution in [-0.2, 0) is 29.7 Å². The second-order valence-corrected chi connectivity index (χ2v) is 13.7. The van der Waals surface area contributed by atoms with Gasteiger partial charge in [0.2, 0.25) is 0 Å². The zero-order chi connectivity index (χ0) is 28.4. The average Bonchev–Trinajstić information content (AvgIpc) is 3.65. The topological polar surface area (TPSA) is 75.7 Å². The molecule has 11 heteroatoms. The Bertz CT molecular complexity index is 1750. The Balaban J connectivity index is 1.38. The fourth-order valence-corrected chi connectivity index (χ4v) is 8.52. The molecule has 0 radical (unpaired) electrons. The van der Waals surface area contributed by atoms with Gasteiger partial charge in [0, 0.05) is 31.2 Å². The number of benzene rings is 2. The van der Waals surface area contributed by atoms with E-state index in [9.17, 15) is 8.42 Å². The molecule has 3 aromatic heterocycles. The number of thiazole rings is 1. The first-order valence-electron chi connectivity index (χ1n) is 14.3. The number of aromatic nitrogens is 4. The van der Waals surface area contributed by atoms with Crippen molar-refractivity contribution < 1.29 is 8.42 Å². The third-order valence-electron chi connectivity index (χ3n) is 7.86. The van der Waals surface area contributed by atoms with Crippen LogP contribution in [0.1, 0.15) is 56.0 Å². The molecule has 41 heavy (non-hydrogen) atoms. The first-order valence-corrected chi connectivity index (χ1v) is 17.0. The first kappa shape index (κ1) is 28.4. The zero-order valence-electron chi connectivity index (χ0n) is 23.2. The molecular formula is C30H35ClN6O2S2. The summed E-state index contributed by atoms with van der Waals surface area (Å²) in [7, 11) is -3.96. The van der Waals surface area contributed by atoms with Crippen molar-refractivity contribution >= 4 is 49.0 Å². The minimum Gasteiger partial charge on any atom is -0.322 e. The monoisotopic (exact) mass is 610 g/mol. The molecular weight excluding hydrogens is 576 g/mol. The molecule has 2 aromatic carbocycles. The van der Waals surface area contributed by atoms with Gasteiger partial charge in [0.1, 0.15) is 5.82 Å². The predicted molar refractivity (Wildman–Crippen MR) is 165 cm³/mol. The van der Waals surface area contributed by atoms with Crippen LogP contribution < -0.4 is 0 Å². The highest BCUT2D eigenvalue weighted by molar-refractivity contribution is 7.89. The highest BCUT2D eigenvalue weighted by Gasteiger charge is 2.32. The van der Waals surface area contributed by atoms with Gasteiger partial charge in [-0.1, -0.05) is 67.8 Å². The number of imidazole rings is 2. The van der Waals surface area contributed by atoms with Gasteiger partial charge in [0.05, 0.1) is 17.6 Å². The number of piperidine rings is 1. The number of halogens is 1. The maximum absolute atomic E-state index is 14.1. The van der Waals surface area contributed by atoms with Crippen molar-refractivity contribution in [3.63, 3.8) is 0 Å². The Hall–Kier alpha value is -2.76. The number of hydrogen-bond acceptors (Lipinski definition) is 6. The normalized spacial score (nSPS) is 15.0. The lowest BCUT2D eigenvalue weighted by molar-refractivity contribution is 0.220. The molecule has 216 valence electrons. The molecule has 0 unspecified atom stereocenters. The lowest BCUT2D eigenvalue weighted by Crippen LogP contribution is -2.33. The zero-order valence-corrected chi connectivity index (χ0v) is 25.6. The molecule has 0 N–H and O–H groups in total. The van der Waals surface area contributed by atoms with E-state index >= 15 is 0 Å². The van der Waals surface area contributed by atoms with Crippen LogP contribution in [0.5, 0.6) is 0 Å². The number of rotatable bonds is 11. The van der Waals surface area contributed by atoms with Gasteiger partial charge in [-0.2, -0.15) is 4.31 Å². The maximum Gasteiger partial charge on any atom is 0.262 e. The number of sulfonamides is 1. The van der Waals surface area contributed by atoms with E-state index < -0.39 is 10.0 Å². The van der Waals surface area contributed by atoms with E-state index in [1.54, 1.807) is 10.6 Å². The fraction of sp³-hybridized carbons (Fsp3) is 0.400. The summed E-state index contributed by atoms with van der Waals surface area (Å²) in [4.78, 5) is 12.3. The van der Waals surface area contributed by atoms with Crippen LogP contribution >= 0.6 is 22.9 Å². The number of fused-ring (bicyclic) bond motifs is 2. The lowest BCUT2D eigenvalue weighted by Gasteiger charge is -2.27. The third-order valence-corrected chi connectivity index (χ3v) is 10.9. The van der Waals surface area contributed by atoms with Crippen molar-refractivity contribution in [1.29, 1.82) is 0 Å². The van der Waals surface area contributed by atoms with Crippen LogP contribution in [0.3, 0.4) is 0 Å². The number of likely N-dealkylation sites (tertiary alicyclic amines) is 1. The van der Waals surface area contributed by atoms with Crippen molar-refractivity contribution in [3.8, 4) is 0 Å². The molecule has 0 bridgehead atoms. The third kappa shape index (κ3) is 5.81. The van der Waals surface area contributed by atoms with Crippen molar-refractivity contribution in [2.75, 3.05) is 19.6 Å². The SMILES string of the molecule is CCCCN(Cc1nc2ccccc2n1Cc1ccccc1CN1CCCCC1)S(=O)(=O)c1c(Cl)nc2sccn12. The number of para-hydroxylation sites is 2. The summed E-state index contributed by atoms with van der Waals surface area (Å²) < 4.78 is 33.5. The van der Waals surface area contributed by atoms with E-state index in [2.05, 4.69) is 51.7 Å². The summed E-state index contributed by atoms with van der Waals surface area (Å²) in [6, 6.07) is 16.6. The molecule has 4 heterocycles. The predicted octanol–water partition coefficient (Wildman–Crippen LogP) is 6.42. The summed E-state index contributed by atoms with van der Waals surface area (Å²) in [5.74, 6) is 0.709. The van der Waals surface area contributed by atoms with E-state index in [-0.39, 0.29) is 16.7 Å². The average molecular weight is 611 g/mol. The van der Waals surface area contributed by atoms with E-state index in [1.165, 1.54) is 46.0 Å². The second-order valence-electron chi connectivity index (χ2n) is 10.7. The van der Waals surface area contributed by atoms with E-state index in [4.69, 9.17) is 16.6 Å². The van der Waals surface area contributed by atoms with Crippen molar-refractivity contribution in [1.82, 2.24) is 28.1 Å². The standard InChI is InChI=1S/C30H35ClN6O2S2/c1-2-3-17-35(41(38,39)29-28(31)33-30-36(29)18-19-40-30)22-27-32-25-13-7-8-14-26(25)37(27)21-24-12-6-5-11-23(24)20-34-15-9-4-10-16-34/h5-8,11-14,18-19H,2-4,9-10,15-17,20-22H2,1H3. The molecule has 1 aliphatic rings. The summed E-state index contributed by atoms with van der Waals surface area (Å²) in [5.41, 5.74) is 4.38. The van der Waals surface area contributed by atoms with Crippen LogP contribution in [0.2, 0.25) is 5.15 Å². The Labute approximate surface area is 250 Å². The van der Waals surface area contributed by atoms with E-state index in [0.29, 0.717) is 23.9 Å². The molecule has 0 atom stereocenters. The number of unbranched alkanes of at least 4 members (excludes halogenated alkanes) is 1. The van der Waals surface area contributed by atoms with Gasteiger partial charge in [0.15, 0.2) is 15.1 Å². The van der Waals surface area contributed by atoms with Crippen LogP contribution in [0, 0.1) is 0 Å². The molecule has 1 saturated heterocycles. The van der Waals surface area contributed by atoms with Gasteiger partial charge in [-0.15, -0.1) is 11.3 Å². The quantitative estimate of drug-likeness (QED) is 0.172. The Kier molecular flexibility index (Phi) is 8.46. The van der Waals surface area contributed by atoms with Gasteiger partial charge in [-0.05, 0) is 55.6 Å². The Morgan fingerprint density at radius 3 is 2.49 bits per heavy atom. The highest BCUT2D eigenvalue weighted by atomic mass is 35.5. The highest BCUT2D eigenvalue weighted by Crippen LogP contribution is 2.30. The molecule has 0 spiro atoms. The van der Waals surface area contributed by atoms with E-state index in [1.807, 2.05) is 23.6 Å². The Morgan fingerprint density at radius 2 is 1.71 bits per heavy atom. The summed E-state index contributed by atoms with van der Waals surface area (Å²) in [6.07, 6.45) is 7.10. The van der Waals surface area contributed by atoms with Gasteiger partial charge >= 0.3 is 0 Å². The van der Waals surface area contributed by atoms with Crippen LogP contribution in [0.25, 0.3) is 16.0 Å². The van der Waals surface area contributed by atoms with Crippen molar-refractivity contribution in [2.24, 2.45) is 0 Å². The van der Waals surface area contributed by atoms with Crippen LogP contribution in [-0.4, -0.2) is 56.2 Å². The number of hydrogen-bond donors (Lipinski definition) is 0. The molecule has 0 aliphatic carbocycles. The van der Waals surface area contributed by atoms with Crippen LogP contribution in [0.15, 0.2) is 65.1 Å². The minimum absolute atomic E-state index is 0.00140. The smallest absolute Gasteiger partial charge is 0.262 e. The molecule has 0 amide bonds. The van der Waals surface area contributed by atoms with Crippen LogP contribution in [0.4, 0.5) is 0 Å². The molecule has 8 nitrogen and oxygen atoms in total. The largest absolute Gasteiger partial charge is 0.322 e. The van der Waals surface area contributed by atoms with Gasteiger partial charge in [-0.3, -0.25) is 9.30 Å². The summed E-state index contributed by atoms with van der Waals surface area (Å²) >= 11 is 7.78. The molecule has 5 aromatic rings. The summed E-state index contributed by atoms with van der Waals surface area (Å²) in [5, 5.41) is 1.83. The Morgan fingerprint density at radius 1 is 0.976 bits per heavy atom. The molecule has 0 saturated carbocycles. The van der Waals surface area contributed by atoms with Crippen molar-refractivity contribution in [3.05, 3.63) is 82.2 Å².